The second-order valence-electron chi connectivity index (χ2n) is 14.8. The number of pyridine rings is 1. The van der Waals surface area contributed by atoms with Gasteiger partial charge >= 0.3 is 5.69 Å². The molecule has 0 atom stereocenters. The summed E-state index contributed by atoms with van der Waals surface area (Å²) >= 11 is 0. The van der Waals surface area contributed by atoms with Crippen LogP contribution >= 0.6 is 0 Å². The van der Waals surface area contributed by atoms with Crippen LogP contribution < -0.4 is 16.6 Å². The number of rotatable bonds is 7. The van der Waals surface area contributed by atoms with E-state index in [1.54, 1.807) is 6.07 Å². The minimum absolute atomic E-state index is 0.0431. The van der Waals surface area contributed by atoms with Crippen molar-refractivity contribution in [2.24, 2.45) is 0 Å². The highest BCUT2D eigenvalue weighted by molar-refractivity contribution is 5.92. The molecule has 1 N–H and O–H groups in total. The van der Waals surface area contributed by atoms with E-state index < -0.39 is 23.1 Å². The molecule has 0 bridgehead atoms. The molecule has 11 heteroatoms. The van der Waals surface area contributed by atoms with Crippen molar-refractivity contribution in [3.8, 4) is 16.8 Å². The Hall–Kier alpha value is -4.90. The summed E-state index contributed by atoms with van der Waals surface area (Å²) in [6.45, 7) is 8.25. The molecular weight excluding hydrogens is 633 g/mol. The average Bonchev–Trinajstić information content (AvgIpc) is 3.54. The summed E-state index contributed by atoms with van der Waals surface area (Å²) in [4.78, 5) is 52.3. The van der Waals surface area contributed by atoms with Crippen LogP contribution in [-0.2, 0) is 19.5 Å². The second-order valence-corrected chi connectivity index (χ2v) is 14.8. The van der Waals surface area contributed by atoms with E-state index in [9.17, 15) is 18.8 Å². The van der Waals surface area contributed by atoms with Crippen LogP contribution in [0.15, 0.2) is 76.6 Å². The van der Waals surface area contributed by atoms with E-state index in [0.29, 0.717) is 37.1 Å². The second kappa shape index (κ2) is 13.4. The van der Waals surface area contributed by atoms with Crippen molar-refractivity contribution in [3.63, 3.8) is 0 Å². The number of imidazole rings is 1. The fraction of sp³-hybridized carbons (Fsp3) is 0.410. The third-order valence-electron chi connectivity index (χ3n) is 10.4. The van der Waals surface area contributed by atoms with Crippen LogP contribution in [0, 0.1) is 5.82 Å². The molecule has 1 saturated carbocycles. The zero-order valence-electron chi connectivity index (χ0n) is 29.2. The molecular formula is C39H44FN7O3. The Morgan fingerprint density at radius 2 is 1.76 bits per heavy atom. The summed E-state index contributed by atoms with van der Waals surface area (Å²) < 4.78 is 19.3. The number of hydrogen-bond acceptors (Lipinski definition) is 6. The third-order valence-corrected chi connectivity index (χ3v) is 10.4. The molecule has 0 radical (unpaired) electrons. The van der Waals surface area contributed by atoms with Gasteiger partial charge in [-0.15, -0.1) is 0 Å². The van der Waals surface area contributed by atoms with Crippen molar-refractivity contribution in [2.75, 3.05) is 7.05 Å². The van der Waals surface area contributed by atoms with Crippen LogP contribution in [0.1, 0.15) is 87.2 Å². The number of aryl methyl sites for hydroxylation is 2. The first-order valence-electron chi connectivity index (χ1n) is 17.6. The van der Waals surface area contributed by atoms with Gasteiger partial charge in [0.15, 0.2) is 5.65 Å². The number of nitrogens with one attached hydrogen (secondary N) is 1. The number of hydrogen-bond donors (Lipinski definition) is 1. The van der Waals surface area contributed by atoms with Crippen LogP contribution in [0.25, 0.3) is 27.8 Å². The van der Waals surface area contributed by atoms with Gasteiger partial charge in [0.25, 0.3) is 11.5 Å². The van der Waals surface area contributed by atoms with Crippen molar-refractivity contribution < 1.29 is 9.18 Å². The van der Waals surface area contributed by atoms with E-state index in [-0.39, 0.29) is 28.5 Å². The fourth-order valence-corrected chi connectivity index (χ4v) is 7.14. The summed E-state index contributed by atoms with van der Waals surface area (Å²) in [6.07, 6.45) is 8.09. The first-order valence-corrected chi connectivity index (χ1v) is 17.6. The molecule has 1 fully saturated rings. The molecule has 4 heterocycles. The Bertz CT molecular complexity index is 2150. The maximum Gasteiger partial charge on any atom is 0.337 e. The normalized spacial score (nSPS) is 18.0. The van der Waals surface area contributed by atoms with Crippen molar-refractivity contribution in [1.82, 2.24) is 33.9 Å². The predicted octanol–water partition coefficient (Wildman–Crippen LogP) is 6.03. The Balaban J connectivity index is 1.16. The highest BCUT2D eigenvalue weighted by Crippen LogP contribution is 2.29. The van der Waals surface area contributed by atoms with Crippen molar-refractivity contribution >= 4 is 16.9 Å². The number of aromatic nitrogens is 5. The van der Waals surface area contributed by atoms with Crippen molar-refractivity contribution in [3.05, 3.63) is 111 Å². The number of carbonyl (C=O) groups is 1. The molecule has 0 saturated heterocycles. The number of benzene rings is 2. The molecule has 3 aromatic heterocycles. The number of nitrogens with zero attached hydrogens (tertiary/aromatic N) is 6. The van der Waals surface area contributed by atoms with Crippen molar-refractivity contribution in [1.29, 1.82) is 0 Å². The lowest BCUT2D eigenvalue weighted by molar-refractivity contribution is 0.0917. The SMILES string of the molecule is CN(Cc1ccc(-c2cccc(-n3c(=O)n(C4CCC(NC(=O)c5cn6c(n5)CCCC6)CC4)c(=O)c4cc(F)cnc43)c2)cc1)C(C)(C)C. The smallest absolute Gasteiger partial charge is 0.337 e. The Labute approximate surface area is 290 Å². The van der Waals surface area contributed by atoms with Gasteiger partial charge in [0, 0.05) is 43.3 Å². The largest absolute Gasteiger partial charge is 0.348 e. The molecule has 1 aliphatic carbocycles. The van der Waals surface area contributed by atoms with E-state index in [1.165, 1.54) is 14.7 Å². The minimum atomic E-state index is -0.648. The summed E-state index contributed by atoms with van der Waals surface area (Å²) in [5.41, 5.74) is 3.11. The van der Waals surface area contributed by atoms with E-state index in [0.717, 1.165) is 61.6 Å². The summed E-state index contributed by atoms with van der Waals surface area (Å²) in [7, 11) is 2.11. The highest BCUT2D eigenvalue weighted by Gasteiger charge is 2.29. The van der Waals surface area contributed by atoms with Crippen LogP contribution in [0.4, 0.5) is 4.39 Å². The Morgan fingerprint density at radius 1 is 1.00 bits per heavy atom. The maximum absolute atomic E-state index is 14.5. The van der Waals surface area contributed by atoms with Crippen LogP contribution in [-0.4, -0.2) is 53.1 Å². The van der Waals surface area contributed by atoms with Gasteiger partial charge in [-0.2, -0.15) is 0 Å². The molecule has 10 nitrogen and oxygen atoms in total. The molecule has 0 spiro atoms. The molecule has 260 valence electrons. The third kappa shape index (κ3) is 6.66. The summed E-state index contributed by atoms with van der Waals surface area (Å²) in [6, 6.07) is 16.5. The van der Waals surface area contributed by atoms with E-state index in [2.05, 4.69) is 76.8 Å². The standard InChI is InChI=1S/C39H44FN7O3/c1-39(2,3)44(4)23-25-11-13-26(14-12-25)27-8-7-9-31(20-27)46-35-32(21-28(40)22-41-35)37(49)47(38(46)50)30-17-15-29(16-18-30)42-36(48)33-24-45-19-6-5-10-34(45)43-33/h7-9,11-14,20-22,24,29-30H,5-6,10,15-19,23H2,1-4H3,(H,42,48). The van der Waals surface area contributed by atoms with E-state index in [1.807, 2.05) is 24.4 Å². The summed E-state index contributed by atoms with van der Waals surface area (Å²) in [5, 5.41) is 3.16. The van der Waals surface area contributed by atoms with Crippen LogP contribution in [0.5, 0.6) is 0 Å². The van der Waals surface area contributed by atoms with Gasteiger partial charge in [-0.3, -0.25) is 19.1 Å². The highest BCUT2D eigenvalue weighted by atomic mass is 19.1. The molecule has 2 aliphatic rings. The lowest BCUT2D eigenvalue weighted by Crippen LogP contribution is -2.45. The average molecular weight is 678 g/mol. The molecule has 7 rings (SSSR count). The molecule has 1 aliphatic heterocycles. The molecule has 2 aromatic carbocycles. The van der Waals surface area contributed by atoms with Gasteiger partial charge in [0.05, 0.1) is 17.3 Å². The first-order chi connectivity index (χ1) is 24.0. The number of halogens is 1. The molecule has 5 aromatic rings. The zero-order valence-corrected chi connectivity index (χ0v) is 29.2. The number of amides is 1. The summed E-state index contributed by atoms with van der Waals surface area (Å²) in [5.74, 6) is 0.102. The van der Waals surface area contributed by atoms with E-state index in [4.69, 9.17) is 0 Å². The van der Waals surface area contributed by atoms with Crippen LogP contribution in [0.2, 0.25) is 0 Å². The van der Waals surface area contributed by atoms with Gasteiger partial charge < -0.3 is 9.88 Å². The number of carbonyl (C=O) groups excluding carboxylic acids is 1. The van der Waals surface area contributed by atoms with Gasteiger partial charge in [-0.1, -0.05) is 36.4 Å². The quantitative estimate of drug-likeness (QED) is 0.226. The van der Waals surface area contributed by atoms with Gasteiger partial charge in [-0.05, 0) is 101 Å². The lowest BCUT2D eigenvalue weighted by atomic mass is 9.90. The first kappa shape index (κ1) is 33.6. The predicted molar refractivity (Wildman–Crippen MR) is 192 cm³/mol. The van der Waals surface area contributed by atoms with Crippen molar-refractivity contribution in [2.45, 2.75) is 96.4 Å². The molecule has 50 heavy (non-hydrogen) atoms. The van der Waals surface area contributed by atoms with Crippen LogP contribution in [0.3, 0.4) is 0 Å². The fourth-order valence-electron chi connectivity index (χ4n) is 7.14. The molecule has 0 unspecified atom stereocenters. The monoisotopic (exact) mass is 677 g/mol. The zero-order chi connectivity index (χ0) is 35.2. The van der Waals surface area contributed by atoms with Gasteiger partial charge in [-0.25, -0.2) is 23.7 Å². The number of fused-ring (bicyclic) bond motifs is 2. The van der Waals surface area contributed by atoms with E-state index >= 15 is 0 Å². The lowest BCUT2D eigenvalue weighted by Gasteiger charge is -2.31. The van der Waals surface area contributed by atoms with Gasteiger partial charge in [0.2, 0.25) is 0 Å². The maximum atomic E-state index is 14.5. The molecule has 1 amide bonds. The minimum Gasteiger partial charge on any atom is -0.348 e. The Morgan fingerprint density at radius 3 is 2.48 bits per heavy atom. The Kier molecular flexibility index (Phi) is 9.02. The van der Waals surface area contributed by atoms with Gasteiger partial charge in [0.1, 0.15) is 17.3 Å². The topological polar surface area (TPSA) is 107 Å².